The van der Waals surface area contributed by atoms with Crippen LogP contribution in [-0.2, 0) is 19.6 Å². The summed E-state index contributed by atoms with van der Waals surface area (Å²) in [6.45, 7) is 1.75. The monoisotopic (exact) mass is 383 g/mol. The maximum atomic E-state index is 13.3. The van der Waals surface area contributed by atoms with Crippen LogP contribution in [0.5, 0.6) is 5.75 Å². The number of anilines is 1. The van der Waals surface area contributed by atoms with E-state index in [-0.39, 0.29) is 12.6 Å². The molecule has 1 N–H and O–H groups in total. The van der Waals surface area contributed by atoms with Crippen LogP contribution in [0.1, 0.15) is 11.6 Å². The summed E-state index contributed by atoms with van der Waals surface area (Å²) in [4.78, 5) is 22.0. The van der Waals surface area contributed by atoms with Crippen LogP contribution in [-0.4, -0.2) is 48.8 Å². The number of nitrogens with one attached hydrogen (secondary N) is 1. The number of hydrogen-bond acceptors (Lipinski definition) is 6. The molecule has 10 heteroatoms. The van der Waals surface area contributed by atoms with Crippen molar-refractivity contribution in [2.24, 2.45) is 0 Å². The normalized spacial score (nSPS) is 13.5. The second-order valence-corrected chi connectivity index (χ2v) is 6.22. The summed E-state index contributed by atoms with van der Waals surface area (Å²) in [7, 11) is 0. The summed E-state index contributed by atoms with van der Waals surface area (Å²) in [6, 6.07) is 5.55. The Kier molecular flexibility index (Phi) is 5.09. The average Bonchev–Trinajstić information content (AvgIpc) is 2.96. The van der Waals surface area contributed by atoms with Crippen molar-refractivity contribution >= 4 is 11.7 Å². The van der Waals surface area contributed by atoms with Crippen molar-refractivity contribution in [3.63, 3.8) is 0 Å². The molecule has 0 atom stereocenters. The van der Waals surface area contributed by atoms with Crippen molar-refractivity contribution in [3.8, 4) is 5.75 Å². The van der Waals surface area contributed by atoms with Crippen LogP contribution < -0.4 is 10.1 Å². The first-order chi connectivity index (χ1) is 13.7. The zero-order chi connectivity index (χ0) is 19.3. The summed E-state index contributed by atoms with van der Waals surface area (Å²) in [5.74, 6) is 1.62. The number of urea groups is 1. The van der Waals surface area contributed by atoms with Crippen molar-refractivity contribution in [2.75, 3.05) is 18.4 Å². The van der Waals surface area contributed by atoms with Gasteiger partial charge in [-0.25, -0.2) is 19.2 Å². The third kappa shape index (κ3) is 4.05. The van der Waals surface area contributed by atoms with Crippen LogP contribution in [0, 0.1) is 5.82 Å². The Labute approximate surface area is 160 Å². The molecule has 0 unspecified atom stereocenters. The van der Waals surface area contributed by atoms with Crippen LogP contribution in [0.3, 0.4) is 0 Å². The summed E-state index contributed by atoms with van der Waals surface area (Å²) in [5, 5.41) is 11.1. The van der Waals surface area contributed by atoms with E-state index < -0.39 is 5.82 Å². The lowest BCUT2D eigenvalue weighted by atomic mass is 10.3. The molecule has 0 bridgehead atoms. The van der Waals surface area contributed by atoms with E-state index >= 15 is 0 Å². The molecule has 0 saturated heterocycles. The number of carbonyl (C=O) groups is 1. The lowest BCUT2D eigenvalue weighted by Gasteiger charge is -2.20. The molecule has 2 amide bonds. The maximum absolute atomic E-state index is 13.3. The van der Waals surface area contributed by atoms with E-state index in [9.17, 15) is 9.18 Å². The number of carbonyl (C=O) groups excluding carboxylic acids is 1. The van der Waals surface area contributed by atoms with Crippen molar-refractivity contribution in [2.45, 2.75) is 19.6 Å². The highest BCUT2D eigenvalue weighted by Crippen LogP contribution is 2.14. The Morgan fingerprint density at radius 1 is 1.18 bits per heavy atom. The maximum Gasteiger partial charge on any atom is 0.321 e. The summed E-state index contributed by atoms with van der Waals surface area (Å²) >= 11 is 0. The van der Waals surface area contributed by atoms with Gasteiger partial charge >= 0.3 is 6.03 Å². The first-order valence-electron chi connectivity index (χ1n) is 8.79. The number of ether oxygens (including phenoxy) is 1. The lowest BCUT2D eigenvalue weighted by Crippen LogP contribution is -2.37. The zero-order valence-corrected chi connectivity index (χ0v) is 15.0. The summed E-state index contributed by atoms with van der Waals surface area (Å²) < 4.78 is 20.9. The van der Waals surface area contributed by atoms with Crippen LogP contribution in [0.15, 0.2) is 43.0 Å². The van der Waals surface area contributed by atoms with Gasteiger partial charge in [-0.2, -0.15) is 0 Å². The number of fused-ring (bicyclic) bond motifs is 1. The minimum absolute atomic E-state index is 0.232. The topological polar surface area (TPSA) is 98.1 Å². The molecule has 0 radical (unpaired) electrons. The van der Waals surface area contributed by atoms with Crippen LogP contribution in [0.2, 0.25) is 0 Å². The molecule has 0 saturated carbocycles. The first-order valence-corrected chi connectivity index (χ1v) is 8.79. The molecule has 0 fully saturated rings. The minimum Gasteiger partial charge on any atom is -0.482 e. The van der Waals surface area contributed by atoms with Crippen LogP contribution >= 0.6 is 0 Å². The minimum atomic E-state index is -0.395. The number of hydrogen-bond donors (Lipinski definition) is 1. The molecule has 3 aromatic rings. The molecule has 0 spiro atoms. The van der Waals surface area contributed by atoms with Gasteiger partial charge in [0.25, 0.3) is 0 Å². The highest BCUT2D eigenvalue weighted by atomic mass is 19.1. The molecular formula is C18H18FN7O2. The predicted molar refractivity (Wildman–Crippen MR) is 97.1 cm³/mol. The Morgan fingerprint density at radius 3 is 2.86 bits per heavy atom. The van der Waals surface area contributed by atoms with Crippen molar-refractivity contribution in [1.29, 1.82) is 0 Å². The van der Waals surface area contributed by atoms with Gasteiger partial charge in [0.1, 0.15) is 24.6 Å². The van der Waals surface area contributed by atoms with Gasteiger partial charge in [-0.15, -0.1) is 10.2 Å². The quantitative estimate of drug-likeness (QED) is 0.739. The Hall–Kier alpha value is -3.56. The fraction of sp³-hybridized carbons (Fsp3) is 0.278. The largest absolute Gasteiger partial charge is 0.482 e. The van der Waals surface area contributed by atoms with E-state index in [1.54, 1.807) is 29.4 Å². The molecule has 28 heavy (non-hydrogen) atoms. The number of aromatic nitrogens is 5. The van der Waals surface area contributed by atoms with Crippen molar-refractivity contribution < 1.29 is 13.9 Å². The second-order valence-electron chi connectivity index (χ2n) is 6.22. The van der Waals surface area contributed by atoms with Crippen molar-refractivity contribution in [1.82, 2.24) is 29.6 Å². The molecule has 144 valence electrons. The highest BCUT2D eigenvalue weighted by Gasteiger charge is 2.22. The molecular weight excluding hydrogens is 365 g/mol. The molecule has 1 aliphatic rings. The standard InChI is InChI=1S/C18H18FN7O2/c19-13-2-1-3-14(8-13)22-18(27)25-5-4-16-23-24-17(26(16)7-6-25)11-28-15-9-20-12-21-10-15/h1-3,8-10,12H,4-7,11H2,(H,22,27). The molecule has 1 aliphatic heterocycles. The molecule has 2 aromatic heterocycles. The Morgan fingerprint density at radius 2 is 2.04 bits per heavy atom. The molecule has 3 heterocycles. The number of benzene rings is 1. The van der Waals surface area contributed by atoms with Gasteiger partial charge in [-0.3, -0.25) is 0 Å². The van der Waals surface area contributed by atoms with Gasteiger partial charge in [-0.05, 0) is 18.2 Å². The number of nitrogens with zero attached hydrogens (tertiary/aromatic N) is 6. The van der Waals surface area contributed by atoms with Gasteiger partial charge in [-0.1, -0.05) is 6.07 Å². The van der Waals surface area contributed by atoms with Gasteiger partial charge in [0, 0.05) is 31.7 Å². The van der Waals surface area contributed by atoms with E-state index in [1.807, 2.05) is 4.57 Å². The molecule has 4 rings (SSSR count). The second kappa shape index (κ2) is 7.99. The third-order valence-electron chi connectivity index (χ3n) is 4.37. The van der Waals surface area contributed by atoms with Crippen LogP contribution in [0.25, 0.3) is 0 Å². The predicted octanol–water partition coefficient (Wildman–Crippen LogP) is 1.88. The van der Waals surface area contributed by atoms with E-state index in [1.165, 1.54) is 18.5 Å². The smallest absolute Gasteiger partial charge is 0.321 e. The van der Waals surface area contributed by atoms with E-state index in [4.69, 9.17) is 4.74 Å². The fourth-order valence-corrected chi connectivity index (χ4v) is 2.97. The summed E-state index contributed by atoms with van der Waals surface area (Å²) in [6.07, 6.45) is 5.15. The van der Waals surface area contributed by atoms with Gasteiger partial charge in [0.05, 0.1) is 12.4 Å². The highest BCUT2D eigenvalue weighted by molar-refractivity contribution is 5.89. The van der Waals surface area contributed by atoms with Gasteiger partial charge in [0.15, 0.2) is 11.6 Å². The number of rotatable bonds is 4. The first kappa shape index (κ1) is 17.8. The number of halogens is 1. The van der Waals surface area contributed by atoms with Gasteiger partial charge < -0.3 is 19.5 Å². The average molecular weight is 383 g/mol. The Balaban J connectivity index is 1.38. The van der Waals surface area contributed by atoms with E-state index in [0.29, 0.717) is 43.3 Å². The van der Waals surface area contributed by atoms with E-state index in [2.05, 4.69) is 25.5 Å². The Bertz CT molecular complexity index is 964. The third-order valence-corrected chi connectivity index (χ3v) is 4.37. The molecule has 9 nitrogen and oxygen atoms in total. The molecule has 1 aromatic carbocycles. The zero-order valence-electron chi connectivity index (χ0n) is 15.0. The summed E-state index contributed by atoms with van der Waals surface area (Å²) in [5.41, 5.74) is 0.424. The lowest BCUT2D eigenvalue weighted by molar-refractivity contribution is 0.212. The van der Waals surface area contributed by atoms with Crippen molar-refractivity contribution in [3.05, 3.63) is 60.5 Å². The van der Waals surface area contributed by atoms with E-state index in [0.717, 1.165) is 5.82 Å². The number of amides is 2. The van der Waals surface area contributed by atoms with Crippen LogP contribution in [0.4, 0.5) is 14.9 Å². The SMILES string of the molecule is O=C(Nc1cccc(F)c1)N1CCc2nnc(COc3cncnc3)n2CC1. The fourth-order valence-electron chi connectivity index (χ4n) is 2.97. The van der Waals surface area contributed by atoms with Gasteiger partial charge in [0.2, 0.25) is 0 Å². The molecule has 0 aliphatic carbocycles.